The average molecular weight is 286 g/mol. The fourth-order valence-corrected chi connectivity index (χ4v) is 3.90. The van der Waals surface area contributed by atoms with E-state index in [9.17, 15) is 4.79 Å². The van der Waals surface area contributed by atoms with Gasteiger partial charge < -0.3 is 10.4 Å². The lowest BCUT2D eigenvalue weighted by Crippen LogP contribution is -2.18. The normalized spacial score (nSPS) is 19.6. The predicted molar refractivity (Wildman–Crippen MR) is 76.9 cm³/mol. The van der Waals surface area contributed by atoms with Crippen molar-refractivity contribution in [1.29, 1.82) is 0 Å². The molecule has 2 unspecified atom stereocenters. The summed E-state index contributed by atoms with van der Waals surface area (Å²) in [4.78, 5) is 16.7. The third-order valence-electron chi connectivity index (χ3n) is 2.96. The summed E-state index contributed by atoms with van der Waals surface area (Å²) in [5, 5.41) is 13.3. The van der Waals surface area contributed by atoms with Gasteiger partial charge in [0.25, 0.3) is 0 Å². The van der Waals surface area contributed by atoms with Gasteiger partial charge in [0.1, 0.15) is 5.92 Å². The van der Waals surface area contributed by atoms with Crippen LogP contribution in [0.2, 0.25) is 0 Å². The number of hydrogen-bond donors (Lipinski definition) is 2. The van der Waals surface area contributed by atoms with Crippen molar-refractivity contribution in [3.05, 3.63) is 10.6 Å². The minimum Gasteiger partial charge on any atom is -0.481 e. The molecule has 2 atom stereocenters. The van der Waals surface area contributed by atoms with Gasteiger partial charge in [-0.3, -0.25) is 4.79 Å². The molecule has 1 aliphatic rings. The monoisotopic (exact) mass is 286 g/mol. The van der Waals surface area contributed by atoms with E-state index in [-0.39, 0.29) is 0 Å². The molecule has 100 valence electrons. The van der Waals surface area contributed by atoms with Crippen molar-refractivity contribution in [2.45, 2.75) is 38.6 Å². The molecule has 1 aromatic rings. The highest BCUT2D eigenvalue weighted by atomic mass is 32.2. The largest absolute Gasteiger partial charge is 0.481 e. The van der Waals surface area contributed by atoms with Crippen LogP contribution in [0.15, 0.2) is 0 Å². The van der Waals surface area contributed by atoms with E-state index in [0.29, 0.717) is 12.5 Å². The highest BCUT2D eigenvalue weighted by Crippen LogP contribution is 2.38. The summed E-state index contributed by atoms with van der Waals surface area (Å²) in [6, 6.07) is 0.365. The lowest BCUT2D eigenvalue weighted by molar-refractivity contribution is -0.138. The maximum Gasteiger partial charge on any atom is 0.312 e. The Morgan fingerprint density at radius 1 is 1.72 bits per heavy atom. The Labute approximate surface area is 115 Å². The van der Waals surface area contributed by atoms with Crippen molar-refractivity contribution >= 4 is 34.2 Å². The number of nitrogens with one attached hydrogen (secondary N) is 1. The summed E-state index contributed by atoms with van der Waals surface area (Å²) in [6.45, 7) is 4.27. The number of carboxylic acids is 1. The summed E-state index contributed by atoms with van der Waals surface area (Å²) in [5.74, 6) is 1.01. The van der Waals surface area contributed by atoms with Gasteiger partial charge in [0, 0.05) is 16.7 Å². The third-order valence-corrected chi connectivity index (χ3v) is 5.16. The molecule has 0 aromatic carbocycles. The number of carboxylic acid groups (broad SMARTS) is 1. The van der Waals surface area contributed by atoms with Crippen LogP contribution in [0.3, 0.4) is 0 Å². The molecule has 0 spiro atoms. The maximum atomic E-state index is 11.1. The Hall–Kier alpha value is -0.750. The number of nitrogens with zero attached hydrogens (tertiary/aromatic N) is 1. The molecule has 4 nitrogen and oxygen atoms in total. The fourth-order valence-electron chi connectivity index (χ4n) is 2.08. The first-order chi connectivity index (χ1) is 8.61. The maximum absolute atomic E-state index is 11.1. The number of anilines is 1. The van der Waals surface area contributed by atoms with E-state index < -0.39 is 11.9 Å². The first-order valence-corrected chi connectivity index (χ1v) is 8.15. The van der Waals surface area contributed by atoms with Gasteiger partial charge in [-0.1, -0.05) is 6.92 Å². The number of aliphatic carboxylic acids is 1. The van der Waals surface area contributed by atoms with Gasteiger partial charge in [-0.2, -0.15) is 11.8 Å². The van der Waals surface area contributed by atoms with Gasteiger partial charge >= 0.3 is 5.97 Å². The van der Waals surface area contributed by atoms with Crippen molar-refractivity contribution in [3.63, 3.8) is 0 Å². The van der Waals surface area contributed by atoms with E-state index in [4.69, 9.17) is 5.11 Å². The highest BCUT2D eigenvalue weighted by molar-refractivity contribution is 7.99. The Morgan fingerprint density at radius 2 is 2.50 bits per heavy atom. The molecule has 0 amide bonds. The number of thioether (sulfide) groups is 1. The second-order valence-corrected chi connectivity index (χ2v) is 6.86. The van der Waals surface area contributed by atoms with Crippen molar-refractivity contribution < 1.29 is 9.90 Å². The van der Waals surface area contributed by atoms with Crippen LogP contribution in [0.25, 0.3) is 0 Å². The average Bonchev–Trinajstić information content (AvgIpc) is 2.84. The molecule has 6 heteroatoms. The van der Waals surface area contributed by atoms with E-state index in [1.54, 1.807) is 11.3 Å². The van der Waals surface area contributed by atoms with Gasteiger partial charge in [-0.25, -0.2) is 4.98 Å². The van der Waals surface area contributed by atoms with Gasteiger partial charge in [0.05, 0.1) is 5.69 Å². The van der Waals surface area contributed by atoms with E-state index in [2.05, 4.69) is 24.1 Å². The molecule has 0 saturated heterocycles. The van der Waals surface area contributed by atoms with E-state index >= 15 is 0 Å². The second-order valence-electron chi connectivity index (χ2n) is 4.46. The molecule has 1 aliphatic carbocycles. The van der Waals surface area contributed by atoms with E-state index in [1.165, 1.54) is 0 Å². The Bertz CT molecular complexity index is 434. The second kappa shape index (κ2) is 5.93. The third kappa shape index (κ3) is 2.98. The summed E-state index contributed by atoms with van der Waals surface area (Å²) in [5.41, 5.74) is 0.783. The molecule has 0 aliphatic heterocycles. The molecular formula is C12H18N2O2S2. The number of carbonyl (C=O) groups is 1. The molecule has 1 heterocycles. The number of aromatic nitrogens is 1. The Balaban J connectivity index is 2.00. The molecule has 0 bridgehead atoms. The van der Waals surface area contributed by atoms with Crippen LogP contribution in [0.4, 0.5) is 5.13 Å². The van der Waals surface area contributed by atoms with Crippen LogP contribution in [-0.4, -0.2) is 33.6 Å². The molecule has 2 rings (SSSR count). The van der Waals surface area contributed by atoms with E-state index in [1.807, 2.05) is 11.8 Å². The highest BCUT2D eigenvalue weighted by Gasteiger charge is 2.32. The molecule has 0 fully saturated rings. The number of rotatable bonds is 6. The molecular weight excluding hydrogens is 268 g/mol. The predicted octanol–water partition coefficient (Wildman–Crippen LogP) is 2.81. The van der Waals surface area contributed by atoms with Crippen LogP contribution in [0.1, 0.15) is 36.8 Å². The molecule has 0 saturated carbocycles. The standard InChI is InChI=1S/C12H18N2O2S2/c1-3-17-6-7(2)13-12-14-10-8(11(15)16)4-5-9(10)18-12/h7-8H,3-6H2,1-2H3,(H,13,14)(H,15,16). The minimum absolute atomic E-state index is 0.365. The quantitative estimate of drug-likeness (QED) is 0.842. The zero-order valence-corrected chi connectivity index (χ0v) is 12.2. The Morgan fingerprint density at radius 3 is 3.17 bits per heavy atom. The van der Waals surface area contributed by atoms with Crippen molar-refractivity contribution in [2.75, 3.05) is 16.8 Å². The molecule has 18 heavy (non-hydrogen) atoms. The summed E-state index contributed by atoms with van der Waals surface area (Å²) in [7, 11) is 0. The first-order valence-electron chi connectivity index (χ1n) is 6.18. The van der Waals surface area contributed by atoms with Crippen LogP contribution in [0, 0.1) is 0 Å². The van der Waals surface area contributed by atoms with Gasteiger partial charge in [-0.15, -0.1) is 11.3 Å². The zero-order valence-electron chi connectivity index (χ0n) is 10.6. The SMILES string of the molecule is CCSCC(C)Nc1nc2c(s1)CCC2C(=O)O. The van der Waals surface area contributed by atoms with Gasteiger partial charge in [0.15, 0.2) is 5.13 Å². The van der Waals surface area contributed by atoms with Crippen molar-refractivity contribution in [2.24, 2.45) is 0 Å². The zero-order chi connectivity index (χ0) is 13.1. The lowest BCUT2D eigenvalue weighted by Gasteiger charge is -2.11. The number of hydrogen-bond acceptors (Lipinski definition) is 5. The summed E-state index contributed by atoms with van der Waals surface area (Å²) >= 11 is 3.50. The van der Waals surface area contributed by atoms with Crippen LogP contribution in [0.5, 0.6) is 0 Å². The lowest BCUT2D eigenvalue weighted by atomic mass is 10.1. The minimum atomic E-state index is -0.750. The smallest absolute Gasteiger partial charge is 0.312 e. The molecule has 2 N–H and O–H groups in total. The van der Waals surface area contributed by atoms with Crippen LogP contribution < -0.4 is 5.32 Å². The number of thiazole rings is 1. The van der Waals surface area contributed by atoms with E-state index in [0.717, 1.165) is 33.6 Å². The molecule has 1 aromatic heterocycles. The van der Waals surface area contributed by atoms with Gasteiger partial charge in [0.2, 0.25) is 0 Å². The van der Waals surface area contributed by atoms with Crippen LogP contribution in [-0.2, 0) is 11.2 Å². The topological polar surface area (TPSA) is 62.2 Å². The van der Waals surface area contributed by atoms with Crippen molar-refractivity contribution in [1.82, 2.24) is 4.98 Å². The van der Waals surface area contributed by atoms with Crippen LogP contribution >= 0.6 is 23.1 Å². The summed E-state index contributed by atoms with van der Waals surface area (Å²) in [6.07, 6.45) is 1.55. The fraction of sp³-hybridized carbons (Fsp3) is 0.667. The number of fused-ring (bicyclic) bond motifs is 1. The number of aryl methyl sites for hydroxylation is 1. The summed E-state index contributed by atoms with van der Waals surface area (Å²) < 4.78 is 0. The Kier molecular flexibility index (Phi) is 4.50. The van der Waals surface area contributed by atoms with Crippen molar-refractivity contribution in [3.8, 4) is 0 Å². The first kappa shape index (κ1) is 13.7. The molecule has 0 radical (unpaired) electrons. The van der Waals surface area contributed by atoms with Gasteiger partial charge in [-0.05, 0) is 25.5 Å².